The Morgan fingerprint density at radius 2 is 1.44 bits per heavy atom. The Balaban J connectivity index is 2.03. The predicted molar refractivity (Wildman–Crippen MR) is 103 cm³/mol. The molecule has 140 valence electrons. The average molecular weight is 366 g/mol. The van der Waals surface area contributed by atoms with Gasteiger partial charge < -0.3 is 14.2 Å². The van der Waals surface area contributed by atoms with Gasteiger partial charge in [-0.05, 0) is 30.3 Å². The highest BCUT2D eigenvalue weighted by Crippen LogP contribution is 2.12. The number of carbonyl (C=O) groups excluding carboxylic acids is 2. The van der Waals surface area contributed by atoms with E-state index < -0.39 is 24.1 Å². The molecule has 0 heterocycles. The minimum absolute atomic E-state index is 0.0969. The van der Waals surface area contributed by atoms with Crippen molar-refractivity contribution in [3.05, 3.63) is 97.1 Å². The minimum atomic E-state index is -0.791. The normalized spacial score (nSPS) is 12.4. The third kappa shape index (κ3) is 6.24. The molecule has 0 radical (unpaired) electrons. The first kappa shape index (κ1) is 20.1. The standard InChI is InChI=1S/C22H22O5/c1-3-15-25-20(16-26-21(23)17-11-7-5-8-12-17)19(4-2)27-22(24)18-13-9-6-10-14-18/h3-14,19-20H,1-2,15-16H2/t19-,20-/m1/s1. The fourth-order valence-electron chi connectivity index (χ4n) is 2.29. The fourth-order valence-corrected chi connectivity index (χ4v) is 2.29. The zero-order valence-corrected chi connectivity index (χ0v) is 15.0. The number of hydrogen-bond donors (Lipinski definition) is 0. The van der Waals surface area contributed by atoms with Crippen LogP contribution in [0.4, 0.5) is 0 Å². The lowest BCUT2D eigenvalue weighted by Gasteiger charge is -2.24. The molecule has 0 aliphatic carbocycles. The van der Waals surface area contributed by atoms with Gasteiger partial charge in [0.1, 0.15) is 18.8 Å². The Labute approximate surface area is 158 Å². The molecule has 2 aromatic rings. The first-order valence-corrected chi connectivity index (χ1v) is 8.49. The van der Waals surface area contributed by atoms with E-state index in [1.807, 2.05) is 6.07 Å². The highest BCUT2D eigenvalue weighted by Gasteiger charge is 2.25. The molecule has 2 atom stereocenters. The fraction of sp³-hybridized carbons (Fsp3) is 0.182. The van der Waals surface area contributed by atoms with Crippen LogP contribution in [-0.2, 0) is 14.2 Å². The van der Waals surface area contributed by atoms with Gasteiger partial charge >= 0.3 is 11.9 Å². The molecule has 2 rings (SSSR count). The minimum Gasteiger partial charge on any atom is -0.459 e. The molecule has 5 heteroatoms. The van der Waals surface area contributed by atoms with Crippen LogP contribution in [-0.4, -0.2) is 37.4 Å². The van der Waals surface area contributed by atoms with E-state index in [-0.39, 0.29) is 13.2 Å². The molecule has 5 nitrogen and oxygen atoms in total. The molecule has 0 aliphatic heterocycles. The SMILES string of the molecule is C=CCO[C@H](COC(=O)c1ccccc1)[C@@H](C=C)OC(=O)c1ccccc1. The first-order chi connectivity index (χ1) is 13.2. The lowest BCUT2D eigenvalue weighted by molar-refractivity contribution is -0.0549. The number of benzene rings is 2. The smallest absolute Gasteiger partial charge is 0.338 e. The first-order valence-electron chi connectivity index (χ1n) is 8.49. The van der Waals surface area contributed by atoms with Crippen LogP contribution in [0.3, 0.4) is 0 Å². The molecule has 0 fully saturated rings. The van der Waals surface area contributed by atoms with Crippen LogP contribution in [0.1, 0.15) is 20.7 Å². The topological polar surface area (TPSA) is 61.8 Å². The molecule has 0 bridgehead atoms. The summed E-state index contributed by atoms with van der Waals surface area (Å²) in [5, 5.41) is 0. The van der Waals surface area contributed by atoms with Gasteiger partial charge in [-0.1, -0.05) is 49.1 Å². The average Bonchev–Trinajstić information content (AvgIpc) is 2.73. The van der Waals surface area contributed by atoms with Gasteiger partial charge in [-0.15, -0.1) is 6.58 Å². The highest BCUT2D eigenvalue weighted by molar-refractivity contribution is 5.90. The number of carbonyl (C=O) groups is 2. The van der Waals surface area contributed by atoms with Crippen molar-refractivity contribution in [1.29, 1.82) is 0 Å². The van der Waals surface area contributed by atoms with Crippen LogP contribution < -0.4 is 0 Å². The van der Waals surface area contributed by atoms with E-state index in [0.717, 1.165) is 0 Å². The molecular weight excluding hydrogens is 344 g/mol. The van der Waals surface area contributed by atoms with E-state index in [9.17, 15) is 9.59 Å². The van der Waals surface area contributed by atoms with Gasteiger partial charge in [-0.25, -0.2) is 9.59 Å². The van der Waals surface area contributed by atoms with Crippen molar-refractivity contribution in [2.24, 2.45) is 0 Å². The van der Waals surface area contributed by atoms with Crippen LogP contribution in [0.5, 0.6) is 0 Å². The van der Waals surface area contributed by atoms with E-state index in [0.29, 0.717) is 11.1 Å². The van der Waals surface area contributed by atoms with Crippen LogP contribution in [0.25, 0.3) is 0 Å². The van der Waals surface area contributed by atoms with Crippen molar-refractivity contribution in [1.82, 2.24) is 0 Å². The van der Waals surface area contributed by atoms with E-state index in [2.05, 4.69) is 13.2 Å². The molecule has 0 amide bonds. The van der Waals surface area contributed by atoms with Crippen molar-refractivity contribution < 1.29 is 23.8 Å². The van der Waals surface area contributed by atoms with E-state index >= 15 is 0 Å². The predicted octanol–water partition coefficient (Wildman–Crippen LogP) is 3.83. The quantitative estimate of drug-likeness (QED) is 0.472. The molecule has 27 heavy (non-hydrogen) atoms. The van der Waals surface area contributed by atoms with E-state index in [1.165, 1.54) is 6.08 Å². The van der Waals surface area contributed by atoms with Gasteiger partial charge in [0, 0.05) is 0 Å². The molecule has 0 aromatic heterocycles. The highest BCUT2D eigenvalue weighted by atomic mass is 16.6. The van der Waals surface area contributed by atoms with Crippen molar-refractivity contribution in [2.45, 2.75) is 12.2 Å². The third-order valence-corrected chi connectivity index (χ3v) is 3.67. The van der Waals surface area contributed by atoms with Crippen LogP contribution in [0.2, 0.25) is 0 Å². The molecule has 0 unspecified atom stereocenters. The van der Waals surface area contributed by atoms with Gasteiger partial charge in [-0.3, -0.25) is 0 Å². The molecule has 0 saturated heterocycles. The zero-order chi connectivity index (χ0) is 19.5. The van der Waals surface area contributed by atoms with Crippen molar-refractivity contribution >= 4 is 11.9 Å². The summed E-state index contributed by atoms with van der Waals surface area (Å²) in [6, 6.07) is 17.2. The second-order valence-electron chi connectivity index (χ2n) is 5.60. The lowest BCUT2D eigenvalue weighted by atomic mass is 10.2. The monoisotopic (exact) mass is 366 g/mol. The maximum atomic E-state index is 12.3. The van der Waals surface area contributed by atoms with Gasteiger partial charge in [0.05, 0.1) is 17.7 Å². The molecule has 0 saturated carbocycles. The van der Waals surface area contributed by atoms with Gasteiger partial charge in [-0.2, -0.15) is 0 Å². The summed E-state index contributed by atoms with van der Waals surface area (Å²) in [4.78, 5) is 24.4. The summed E-state index contributed by atoms with van der Waals surface area (Å²) < 4.78 is 16.4. The second kappa shape index (κ2) is 10.7. The molecular formula is C22H22O5. The Hall–Kier alpha value is -3.18. The molecule has 0 spiro atoms. The zero-order valence-electron chi connectivity index (χ0n) is 15.0. The number of ether oxygens (including phenoxy) is 3. The second-order valence-corrected chi connectivity index (χ2v) is 5.60. The largest absolute Gasteiger partial charge is 0.459 e. The summed E-state index contributed by atoms with van der Waals surface area (Å²) in [5.41, 5.74) is 0.838. The maximum absolute atomic E-state index is 12.3. The molecule has 2 aromatic carbocycles. The van der Waals surface area contributed by atoms with Crippen molar-refractivity contribution in [3.8, 4) is 0 Å². The van der Waals surface area contributed by atoms with Gasteiger partial charge in [0.2, 0.25) is 0 Å². The van der Waals surface area contributed by atoms with Crippen molar-refractivity contribution in [3.63, 3.8) is 0 Å². The summed E-state index contributed by atoms with van der Waals surface area (Å²) in [5.74, 6) is -0.998. The Kier molecular flexibility index (Phi) is 8.00. The molecule has 0 aliphatic rings. The lowest BCUT2D eigenvalue weighted by Crippen LogP contribution is -2.36. The summed E-state index contributed by atoms with van der Waals surface area (Å²) in [7, 11) is 0. The van der Waals surface area contributed by atoms with Gasteiger partial charge in [0.15, 0.2) is 0 Å². The van der Waals surface area contributed by atoms with Gasteiger partial charge in [0.25, 0.3) is 0 Å². The Morgan fingerprint density at radius 3 is 1.96 bits per heavy atom. The number of esters is 2. The third-order valence-electron chi connectivity index (χ3n) is 3.67. The number of hydrogen-bond acceptors (Lipinski definition) is 5. The van der Waals surface area contributed by atoms with Crippen LogP contribution in [0.15, 0.2) is 86.0 Å². The van der Waals surface area contributed by atoms with Crippen molar-refractivity contribution in [2.75, 3.05) is 13.2 Å². The number of rotatable bonds is 10. The van der Waals surface area contributed by atoms with Crippen LogP contribution in [0, 0.1) is 0 Å². The Bertz CT molecular complexity index is 755. The van der Waals surface area contributed by atoms with E-state index in [1.54, 1.807) is 60.7 Å². The Morgan fingerprint density at radius 1 is 0.889 bits per heavy atom. The van der Waals surface area contributed by atoms with E-state index in [4.69, 9.17) is 14.2 Å². The summed E-state index contributed by atoms with van der Waals surface area (Å²) in [6.45, 7) is 7.41. The summed E-state index contributed by atoms with van der Waals surface area (Å²) in [6.07, 6.45) is 1.51. The summed E-state index contributed by atoms with van der Waals surface area (Å²) >= 11 is 0. The maximum Gasteiger partial charge on any atom is 0.338 e. The molecule has 0 N–H and O–H groups in total. The van der Waals surface area contributed by atoms with Crippen LogP contribution >= 0.6 is 0 Å².